The van der Waals surface area contributed by atoms with E-state index < -0.39 is 6.10 Å². The molecule has 4 nitrogen and oxygen atoms in total. The van der Waals surface area contributed by atoms with Crippen molar-refractivity contribution in [3.63, 3.8) is 0 Å². The number of nitrogens with one attached hydrogen (secondary N) is 1. The summed E-state index contributed by atoms with van der Waals surface area (Å²) in [5, 5.41) is 21.7. The van der Waals surface area contributed by atoms with Crippen molar-refractivity contribution in [1.82, 2.24) is 5.32 Å². The molecule has 0 aliphatic rings. The Labute approximate surface area is 122 Å². The zero-order valence-corrected chi connectivity index (χ0v) is 12.8. The van der Waals surface area contributed by atoms with Gasteiger partial charge in [0.15, 0.2) is 0 Å². The van der Waals surface area contributed by atoms with Crippen LogP contribution in [0.5, 0.6) is 5.75 Å². The van der Waals surface area contributed by atoms with Gasteiger partial charge < -0.3 is 20.3 Å². The van der Waals surface area contributed by atoms with Crippen LogP contribution in [-0.2, 0) is 0 Å². The second-order valence-electron chi connectivity index (χ2n) is 4.69. The number of hydrogen-bond donors (Lipinski definition) is 3. The van der Waals surface area contributed by atoms with Crippen molar-refractivity contribution in [2.45, 2.75) is 19.4 Å². The van der Waals surface area contributed by atoms with Crippen LogP contribution in [-0.4, -0.2) is 42.6 Å². The van der Waals surface area contributed by atoms with Crippen LogP contribution in [0.1, 0.15) is 13.3 Å². The maximum absolute atomic E-state index is 9.76. The second kappa shape index (κ2) is 9.31. The summed E-state index contributed by atoms with van der Waals surface area (Å²) in [4.78, 5) is 0. The van der Waals surface area contributed by atoms with Crippen LogP contribution in [0.4, 0.5) is 0 Å². The molecule has 5 heteroatoms. The maximum atomic E-state index is 9.76. The van der Waals surface area contributed by atoms with E-state index in [4.69, 9.17) is 9.84 Å². The number of halogens is 1. The monoisotopic (exact) mass is 331 g/mol. The van der Waals surface area contributed by atoms with Gasteiger partial charge >= 0.3 is 0 Å². The zero-order valence-electron chi connectivity index (χ0n) is 11.2. The van der Waals surface area contributed by atoms with E-state index in [1.165, 1.54) is 0 Å². The molecule has 108 valence electrons. The quantitative estimate of drug-likeness (QED) is 0.645. The summed E-state index contributed by atoms with van der Waals surface area (Å²) < 4.78 is 6.48. The van der Waals surface area contributed by atoms with Crippen LogP contribution in [0.3, 0.4) is 0 Å². The van der Waals surface area contributed by atoms with Crippen molar-refractivity contribution in [2.24, 2.45) is 5.92 Å². The van der Waals surface area contributed by atoms with Gasteiger partial charge in [-0.25, -0.2) is 0 Å². The lowest BCUT2D eigenvalue weighted by Crippen LogP contribution is -2.34. The summed E-state index contributed by atoms with van der Waals surface area (Å²) in [6.45, 7) is 3.82. The predicted molar refractivity (Wildman–Crippen MR) is 79.4 cm³/mol. The Balaban J connectivity index is 2.14. The third-order valence-electron chi connectivity index (χ3n) is 2.75. The standard InChI is InChI=1S/C14H22BrNO3/c1-11(6-7-17)8-16-9-13(18)10-19-14-4-2-12(15)3-5-14/h2-5,11,13,16-18H,6-10H2,1H3. The number of aliphatic hydroxyl groups is 2. The average Bonchev–Trinajstić information content (AvgIpc) is 2.38. The van der Waals surface area contributed by atoms with E-state index in [0.717, 1.165) is 23.2 Å². The molecule has 1 rings (SSSR count). The van der Waals surface area contributed by atoms with E-state index >= 15 is 0 Å². The van der Waals surface area contributed by atoms with Crippen molar-refractivity contribution >= 4 is 15.9 Å². The van der Waals surface area contributed by atoms with Gasteiger partial charge in [0, 0.05) is 17.6 Å². The van der Waals surface area contributed by atoms with Crippen LogP contribution < -0.4 is 10.1 Å². The first-order chi connectivity index (χ1) is 9.11. The summed E-state index contributed by atoms with van der Waals surface area (Å²) >= 11 is 3.35. The van der Waals surface area contributed by atoms with Crippen molar-refractivity contribution in [2.75, 3.05) is 26.3 Å². The molecule has 0 aliphatic heterocycles. The molecule has 0 bridgehead atoms. The van der Waals surface area contributed by atoms with Gasteiger partial charge in [0.2, 0.25) is 0 Å². The normalized spacial score (nSPS) is 14.1. The van der Waals surface area contributed by atoms with Gasteiger partial charge in [0.05, 0.1) is 0 Å². The number of aliphatic hydroxyl groups excluding tert-OH is 2. The highest BCUT2D eigenvalue weighted by Crippen LogP contribution is 2.16. The van der Waals surface area contributed by atoms with Gasteiger partial charge in [-0.05, 0) is 43.1 Å². The van der Waals surface area contributed by atoms with Gasteiger partial charge in [-0.15, -0.1) is 0 Å². The van der Waals surface area contributed by atoms with Crippen molar-refractivity contribution in [1.29, 1.82) is 0 Å². The van der Waals surface area contributed by atoms with E-state index in [2.05, 4.69) is 28.2 Å². The Morgan fingerprint density at radius 1 is 1.26 bits per heavy atom. The lowest BCUT2D eigenvalue weighted by molar-refractivity contribution is 0.105. The van der Waals surface area contributed by atoms with Crippen LogP contribution in [0.15, 0.2) is 28.7 Å². The number of ether oxygens (including phenoxy) is 1. The van der Waals surface area contributed by atoms with Crippen molar-refractivity contribution in [3.05, 3.63) is 28.7 Å². The highest BCUT2D eigenvalue weighted by Gasteiger charge is 2.06. The fourth-order valence-electron chi connectivity index (χ4n) is 1.60. The Hall–Kier alpha value is -0.620. The largest absolute Gasteiger partial charge is 0.491 e. The second-order valence-corrected chi connectivity index (χ2v) is 5.61. The molecule has 2 unspecified atom stereocenters. The maximum Gasteiger partial charge on any atom is 0.119 e. The molecule has 3 N–H and O–H groups in total. The average molecular weight is 332 g/mol. The Kier molecular flexibility index (Phi) is 8.05. The first-order valence-electron chi connectivity index (χ1n) is 6.50. The number of rotatable bonds is 9. The van der Waals surface area contributed by atoms with Crippen LogP contribution >= 0.6 is 15.9 Å². The minimum atomic E-state index is -0.537. The third-order valence-corrected chi connectivity index (χ3v) is 3.28. The fraction of sp³-hybridized carbons (Fsp3) is 0.571. The minimum Gasteiger partial charge on any atom is -0.491 e. The van der Waals surface area contributed by atoms with Gasteiger partial charge in [0.25, 0.3) is 0 Å². The molecule has 0 spiro atoms. The molecule has 0 heterocycles. The van der Waals surface area contributed by atoms with Crippen molar-refractivity contribution < 1.29 is 14.9 Å². The summed E-state index contributed by atoms with van der Waals surface area (Å²) in [5.41, 5.74) is 0. The molecule has 0 aromatic heterocycles. The van der Waals surface area contributed by atoms with Crippen LogP contribution in [0, 0.1) is 5.92 Å². The molecular formula is C14H22BrNO3. The topological polar surface area (TPSA) is 61.7 Å². The molecule has 0 fully saturated rings. The number of hydrogen-bond acceptors (Lipinski definition) is 4. The molecule has 0 saturated carbocycles. The summed E-state index contributed by atoms with van der Waals surface area (Å²) in [5.74, 6) is 1.15. The molecule has 0 amide bonds. The first kappa shape index (κ1) is 16.4. The SMILES string of the molecule is CC(CCO)CNCC(O)COc1ccc(Br)cc1. The molecule has 0 saturated heterocycles. The lowest BCUT2D eigenvalue weighted by atomic mass is 10.1. The molecule has 2 atom stereocenters. The van der Waals surface area contributed by atoms with E-state index in [9.17, 15) is 5.11 Å². The first-order valence-corrected chi connectivity index (χ1v) is 7.29. The third kappa shape index (κ3) is 7.52. The van der Waals surface area contributed by atoms with Crippen LogP contribution in [0.25, 0.3) is 0 Å². The molecule has 0 aliphatic carbocycles. The smallest absolute Gasteiger partial charge is 0.119 e. The van der Waals surface area contributed by atoms with Crippen molar-refractivity contribution in [3.8, 4) is 5.75 Å². The van der Waals surface area contributed by atoms with E-state index in [1.54, 1.807) is 0 Å². The predicted octanol–water partition coefficient (Wildman–Crippen LogP) is 1.80. The lowest BCUT2D eigenvalue weighted by Gasteiger charge is -2.15. The highest BCUT2D eigenvalue weighted by molar-refractivity contribution is 9.10. The van der Waals surface area contributed by atoms with Gasteiger partial charge in [0.1, 0.15) is 18.5 Å². The highest BCUT2D eigenvalue weighted by atomic mass is 79.9. The molecule has 1 aromatic carbocycles. The number of benzene rings is 1. The Morgan fingerprint density at radius 2 is 1.95 bits per heavy atom. The van der Waals surface area contributed by atoms with E-state index in [0.29, 0.717) is 12.5 Å². The van der Waals surface area contributed by atoms with Crippen LogP contribution in [0.2, 0.25) is 0 Å². The van der Waals surface area contributed by atoms with Gasteiger partial charge in [-0.2, -0.15) is 0 Å². The van der Waals surface area contributed by atoms with E-state index in [-0.39, 0.29) is 13.2 Å². The Bertz CT molecular complexity index is 345. The molecular weight excluding hydrogens is 310 g/mol. The van der Waals surface area contributed by atoms with E-state index in [1.807, 2.05) is 24.3 Å². The summed E-state index contributed by atoms with van der Waals surface area (Å²) in [6.07, 6.45) is 0.239. The fourth-order valence-corrected chi connectivity index (χ4v) is 1.87. The zero-order chi connectivity index (χ0) is 14.1. The summed E-state index contributed by atoms with van der Waals surface area (Å²) in [6, 6.07) is 7.51. The van der Waals surface area contributed by atoms with Gasteiger partial charge in [-0.3, -0.25) is 0 Å². The summed E-state index contributed by atoms with van der Waals surface area (Å²) in [7, 11) is 0. The molecule has 19 heavy (non-hydrogen) atoms. The Morgan fingerprint density at radius 3 is 2.58 bits per heavy atom. The molecule has 0 radical (unpaired) electrons. The minimum absolute atomic E-state index is 0.206. The molecule has 1 aromatic rings. The van der Waals surface area contributed by atoms with Gasteiger partial charge in [-0.1, -0.05) is 22.9 Å².